The Morgan fingerprint density at radius 3 is 3.00 bits per heavy atom. The third-order valence-corrected chi connectivity index (χ3v) is 8.24. The number of hydrogen-bond donors (Lipinski definition) is 1. The Kier molecular flexibility index (Phi) is 2.94. The third kappa shape index (κ3) is 1.54. The largest absolute Gasteiger partial charge is 0.466 e. The van der Waals surface area contributed by atoms with E-state index >= 15 is 0 Å². The van der Waals surface area contributed by atoms with Gasteiger partial charge in [0.15, 0.2) is 0 Å². The number of hydrogen-bond acceptors (Lipinski definition) is 5. The molecule has 5 nitrogen and oxygen atoms in total. The predicted octanol–water partition coefficient (Wildman–Crippen LogP) is 2.53. The minimum atomic E-state index is -0.900. The molecular weight excluding hydrogens is 332 g/mol. The summed E-state index contributed by atoms with van der Waals surface area (Å²) < 4.78 is 11.6. The summed E-state index contributed by atoms with van der Waals surface area (Å²) in [7, 11) is 0. The molecule has 4 fully saturated rings. The second-order valence-corrected chi connectivity index (χ2v) is 9.25. The van der Waals surface area contributed by atoms with Crippen LogP contribution in [-0.4, -0.2) is 34.9 Å². The monoisotopic (exact) mass is 358 g/mol. The Morgan fingerprint density at radius 1 is 1.50 bits per heavy atom. The maximum atomic E-state index is 13.2. The first kappa shape index (κ1) is 16.5. The van der Waals surface area contributed by atoms with Gasteiger partial charge in [-0.25, -0.2) is 0 Å². The van der Waals surface area contributed by atoms with Crippen molar-refractivity contribution in [3.63, 3.8) is 0 Å². The molecule has 7 unspecified atom stereocenters. The zero-order valence-corrected chi connectivity index (χ0v) is 15.4. The van der Waals surface area contributed by atoms with Crippen molar-refractivity contribution in [2.24, 2.45) is 28.6 Å². The van der Waals surface area contributed by atoms with E-state index in [1.807, 2.05) is 19.1 Å². The van der Waals surface area contributed by atoms with Crippen LogP contribution in [0.4, 0.5) is 0 Å². The lowest BCUT2D eigenvalue weighted by Crippen LogP contribution is -2.47. The van der Waals surface area contributed by atoms with Gasteiger partial charge in [0.25, 0.3) is 0 Å². The summed E-state index contributed by atoms with van der Waals surface area (Å²) >= 11 is 0. The topological polar surface area (TPSA) is 72.8 Å². The van der Waals surface area contributed by atoms with Gasteiger partial charge in [-0.15, -0.1) is 0 Å². The number of rotatable bonds is 2. The zero-order chi connectivity index (χ0) is 18.5. The fraction of sp³-hybridized carbons (Fsp3) is 0.714. The molecule has 140 valence electrons. The molecule has 0 radical (unpaired) electrons. The lowest BCUT2D eigenvalue weighted by Gasteiger charge is -2.45. The number of ether oxygens (including phenoxy) is 2. The molecule has 4 bridgehead atoms. The van der Waals surface area contributed by atoms with E-state index in [9.17, 15) is 14.7 Å². The highest BCUT2D eigenvalue weighted by Gasteiger charge is 2.82. The smallest absolute Gasteiger partial charge is 0.316 e. The number of carbonyl (C=O) groups excluding carboxylic acids is 2. The van der Waals surface area contributed by atoms with E-state index in [1.54, 1.807) is 6.92 Å². The second kappa shape index (κ2) is 4.61. The maximum Gasteiger partial charge on any atom is 0.316 e. The van der Waals surface area contributed by atoms with Crippen molar-refractivity contribution in [3.05, 3.63) is 24.3 Å². The zero-order valence-electron chi connectivity index (χ0n) is 15.4. The van der Waals surface area contributed by atoms with E-state index in [4.69, 9.17) is 9.47 Å². The van der Waals surface area contributed by atoms with Gasteiger partial charge < -0.3 is 14.6 Å². The van der Waals surface area contributed by atoms with Crippen LogP contribution >= 0.6 is 0 Å². The van der Waals surface area contributed by atoms with E-state index < -0.39 is 27.9 Å². The SMILES string of the molecule is C=C1CC23CC1(O)CCC2C12CC=CC(C)(C(=O)O1)C2C3C(=O)OCC. The normalized spacial score (nSPS) is 53.3. The molecule has 26 heavy (non-hydrogen) atoms. The maximum absolute atomic E-state index is 13.2. The van der Waals surface area contributed by atoms with Gasteiger partial charge in [0.2, 0.25) is 0 Å². The number of aliphatic hydroxyl groups is 1. The summed E-state index contributed by atoms with van der Waals surface area (Å²) in [6.45, 7) is 8.16. The van der Waals surface area contributed by atoms with Crippen LogP contribution in [0.2, 0.25) is 0 Å². The van der Waals surface area contributed by atoms with E-state index in [0.29, 0.717) is 32.3 Å². The van der Waals surface area contributed by atoms with E-state index in [1.165, 1.54) is 0 Å². The lowest BCUT2D eigenvalue weighted by atomic mass is 9.62. The molecule has 0 aromatic heterocycles. The van der Waals surface area contributed by atoms with Crippen molar-refractivity contribution >= 4 is 11.9 Å². The minimum absolute atomic E-state index is 0.0599. The molecule has 5 rings (SSSR count). The van der Waals surface area contributed by atoms with Gasteiger partial charge in [0.1, 0.15) is 5.60 Å². The fourth-order valence-corrected chi connectivity index (χ4v) is 7.45. The number of fused-ring (bicyclic) bond motifs is 1. The van der Waals surface area contributed by atoms with Crippen molar-refractivity contribution in [3.8, 4) is 0 Å². The molecule has 1 aliphatic heterocycles. The van der Waals surface area contributed by atoms with Crippen molar-refractivity contribution in [2.45, 2.75) is 57.2 Å². The van der Waals surface area contributed by atoms with E-state index in [0.717, 1.165) is 12.0 Å². The van der Waals surface area contributed by atoms with Crippen LogP contribution in [0.1, 0.15) is 46.0 Å². The first-order chi connectivity index (χ1) is 12.2. The average molecular weight is 358 g/mol. The van der Waals surface area contributed by atoms with Gasteiger partial charge in [-0.2, -0.15) is 0 Å². The molecule has 3 saturated carbocycles. The summed E-state index contributed by atoms with van der Waals surface area (Å²) in [5, 5.41) is 11.1. The van der Waals surface area contributed by atoms with Crippen LogP contribution in [-0.2, 0) is 19.1 Å². The second-order valence-electron chi connectivity index (χ2n) is 9.25. The van der Waals surface area contributed by atoms with Crippen LogP contribution in [0.5, 0.6) is 0 Å². The van der Waals surface area contributed by atoms with Crippen LogP contribution in [0.25, 0.3) is 0 Å². The quantitative estimate of drug-likeness (QED) is 0.607. The van der Waals surface area contributed by atoms with Crippen molar-refractivity contribution < 1.29 is 24.2 Å². The summed E-state index contributed by atoms with van der Waals surface area (Å²) in [6, 6.07) is 0. The highest BCUT2D eigenvalue weighted by atomic mass is 16.6. The summed E-state index contributed by atoms with van der Waals surface area (Å²) in [5.74, 6) is -1.09. The predicted molar refractivity (Wildman–Crippen MR) is 92.8 cm³/mol. The molecule has 1 N–H and O–H groups in total. The molecule has 1 spiro atoms. The van der Waals surface area contributed by atoms with Crippen molar-refractivity contribution in [1.29, 1.82) is 0 Å². The van der Waals surface area contributed by atoms with Crippen LogP contribution < -0.4 is 0 Å². The van der Waals surface area contributed by atoms with Gasteiger partial charge in [0.05, 0.1) is 23.5 Å². The van der Waals surface area contributed by atoms with Gasteiger partial charge in [-0.1, -0.05) is 18.7 Å². The van der Waals surface area contributed by atoms with Crippen molar-refractivity contribution in [2.75, 3.05) is 6.61 Å². The molecule has 0 amide bonds. The Bertz CT molecular complexity index is 770. The van der Waals surface area contributed by atoms with Crippen LogP contribution in [0, 0.1) is 28.6 Å². The van der Waals surface area contributed by atoms with Gasteiger partial charge in [-0.05, 0) is 50.5 Å². The summed E-state index contributed by atoms with van der Waals surface area (Å²) in [6.07, 6.45) is 7.14. The molecule has 0 aromatic carbocycles. The number of esters is 2. The lowest BCUT2D eigenvalue weighted by molar-refractivity contribution is -0.163. The van der Waals surface area contributed by atoms with Gasteiger partial charge >= 0.3 is 11.9 Å². The van der Waals surface area contributed by atoms with Gasteiger partial charge in [0, 0.05) is 18.3 Å². The number of carbonyl (C=O) groups is 2. The van der Waals surface area contributed by atoms with Crippen LogP contribution in [0.15, 0.2) is 24.3 Å². The first-order valence-electron chi connectivity index (χ1n) is 9.72. The Morgan fingerprint density at radius 2 is 2.27 bits per heavy atom. The molecule has 1 heterocycles. The highest BCUT2D eigenvalue weighted by Crippen LogP contribution is 2.77. The average Bonchev–Trinajstić information content (AvgIpc) is 2.96. The standard InChI is InChI=1S/C21H26O5/c1-4-25-16(22)14-15-18(3)7-5-8-21(15,26-17(18)23)13-6-9-20(24)11-19(13,14)10-12(20)2/h5,7,13-15,24H,2,4,6,8-11H2,1,3H3. The Balaban J connectivity index is 1.73. The summed E-state index contributed by atoms with van der Waals surface area (Å²) in [4.78, 5) is 26.0. The van der Waals surface area contributed by atoms with Crippen molar-refractivity contribution in [1.82, 2.24) is 0 Å². The fourth-order valence-electron chi connectivity index (χ4n) is 7.45. The van der Waals surface area contributed by atoms with E-state index in [2.05, 4.69) is 6.58 Å². The Labute approximate surface area is 153 Å². The molecule has 7 atom stereocenters. The van der Waals surface area contributed by atoms with E-state index in [-0.39, 0.29) is 23.8 Å². The molecule has 4 aliphatic carbocycles. The molecule has 1 saturated heterocycles. The molecular formula is C21H26O5. The minimum Gasteiger partial charge on any atom is -0.466 e. The third-order valence-electron chi connectivity index (χ3n) is 8.24. The molecule has 5 heteroatoms. The molecule has 5 aliphatic rings. The summed E-state index contributed by atoms with van der Waals surface area (Å²) in [5.41, 5.74) is -1.95. The Hall–Kier alpha value is -1.62. The highest BCUT2D eigenvalue weighted by molar-refractivity contribution is 5.87. The van der Waals surface area contributed by atoms with Crippen LogP contribution in [0.3, 0.4) is 0 Å². The first-order valence-corrected chi connectivity index (χ1v) is 9.72. The molecule has 0 aromatic rings. The van der Waals surface area contributed by atoms with Gasteiger partial charge in [-0.3, -0.25) is 9.59 Å².